The van der Waals surface area contributed by atoms with E-state index in [1.54, 1.807) is 23.7 Å². The molecular weight excluding hydrogens is 1560 g/mol. The lowest BCUT2D eigenvalue weighted by Gasteiger charge is -2.35. The van der Waals surface area contributed by atoms with Gasteiger partial charge in [-0.05, 0) is 170 Å². The average Bonchev–Trinajstić information content (AvgIpc) is 1.66. The van der Waals surface area contributed by atoms with Crippen molar-refractivity contribution in [3.8, 4) is 22.5 Å². The van der Waals surface area contributed by atoms with E-state index in [1.165, 1.54) is 39.8 Å². The second-order valence-electron chi connectivity index (χ2n) is 33.9. The average molecular weight is 1680 g/mol. The van der Waals surface area contributed by atoms with E-state index in [9.17, 15) is 28.8 Å². The molecule has 0 spiro atoms. The van der Waals surface area contributed by atoms with Crippen molar-refractivity contribution in [2.24, 2.45) is 15.9 Å². The molecule has 23 heteroatoms. The Kier molecular flexibility index (Phi) is 29.8. The number of imidazole rings is 2. The largest absolute Gasteiger partial charge is 0.444 e. The number of nitrogens with one attached hydrogen (secondary N) is 3. The van der Waals surface area contributed by atoms with E-state index in [-0.39, 0.29) is 71.7 Å². The number of benzene rings is 7. The molecule has 8 atom stereocenters. The number of piperidine rings is 1. The quantitative estimate of drug-likeness (QED) is 0.0541. The molecular formula is C100H118N14O8S. The highest BCUT2D eigenvalue weighted by Crippen LogP contribution is 2.42. The number of allylic oxidation sites excluding steroid dienone is 2. The number of nitrogens with zero attached hydrogens (tertiary/aromatic N) is 11. The van der Waals surface area contributed by atoms with Crippen molar-refractivity contribution in [1.82, 2.24) is 59.6 Å². The monoisotopic (exact) mass is 1670 g/mol. The summed E-state index contributed by atoms with van der Waals surface area (Å²) in [6.45, 7) is 12.1. The van der Waals surface area contributed by atoms with Crippen molar-refractivity contribution in [2.75, 3.05) is 73.8 Å². The second-order valence-corrected chi connectivity index (χ2v) is 35.1. The fraction of sp³-hybridized carbons (Fsp3) is 0.400. The number of aromatic nitrogens is 4. The number of hydrogen-bond acceptors (Lipinski definition) is 15. The summed E-state index contributed by atoms with van der Waals surface area (Å²) in [7, 11) is 9.46. The number of likely N-dealkylation sites (tertiary alicyclic amines) is 3. The Morgan fingerprint density at radius 2 is 0.984 bits per heavy atom. The van der Waals surface area contributed by atoms with Gasteiger partial charge in [0.1, 0.15) is 36.6 Å². The van der Waals surface area contributed by atoms with Crippen LogP contribution in [0.2, 0.25) is 0 Å². The Morgan fingerprint density at radius 3 is 1.48 bits per heavy atom. The van der Waals surface area contributed by atoms with Crippen LogP contribution in [0.4, 0.5) is 4.79 Å². The van der Waals surface area contributed by atoms with Gasteiger partial charge in [0.2, 0.25) is 29.5 Å². The molecule has 6 amide bonds. The lowest BCUT2D eigenvalue weighted by molar-refractivity contribution is -0.138. The molecule has 9 aromatic rings. The van der Waals surface area contributed by atoms with Gasteiger partial charge in [0.05, 0.1) is 59.9 Å². The maximum atomic E-state index is 14.2. The maximum absolute atomic E-state index is 14.2. The molecule has 642 valence electrons. The molecule has 7 aromatic carbocycles. The third kappa shape index (κ3) is 22.2. The van der Waals surface area contributed by atoms with Crippen molar-refractivity contribution in [1.29, 1.82) is 0 Å². The standard InChI is InChI=1S/C30H35N3O4.C28H34N4O2S.C24H28N4O.C18H21N3O/c1-22-10-12-24(13-11-22)25-18-26(31-19-25)27-21-36-29(15-14-28(34)32-16-6-3-7-17-32)33(27)30(35)37-20-23-8-4-2-5-9-23;1-19-10-12-20(13-11-19)22-16-23(30-17-22)24-18-35-26(15-14-25(33)29-2)32(24)28(34)27(31(3)4)21-8-6-5-7-9-21;1-17-11-13-18(14-12-17)20-16-25-23(26-20)21-10-7-15-28(21)24(29)22(27(2)3)19-8-5-4-6-9-19;1-12-4-6-13(7-5-12)15-11-19-17(20-15)16-3-2-10-21(16)18(22)14-8-9-14/h2,4-5,8-13,19,27,29H,3,6-7,14-18,20-21H2,1H3;5-13,17,24,26-27H,14-16,18H2,1-4H3,(H,29,33);4-6,8-9,11-14,16,21-22H,7,10,15H2,1-3H3,(H,25,26);4-7,11,14,16H,2-3,8-10H2,1H3,(H,19,20)/t27-,29?;24-,26?,27?;21-,22+;16-/m0000/s1. The molecule has 8 aliphatic rings. The molecule has 17 rings (SSSR count). The number of likely N-dealkylation sites (N-methyl/N-ethyl adjacent to an activating group) is 2. The number of thioether (sulfide) groups is 1. The summed E-state index contributed by atoms with van der Waals surface area (Å²) in [6.07, 6.45) is 19.3. The van der Waals surface area contributed by atoms with Gasteiger partial charge in [0, 0.05) is 101 Å². The molecule has 123 heavy (non-hydrogen) atoms. The number of aromatic amines is 2. The number of carbonyl (C=O) groups excluding carboxylic acids is 6. The van der Waals surface area contributed by atoms with Gasteiger partial charge in [-0.15, -0.1) is 11.8 Å². The van der Waals surface area contributed by atoms with E-state index in [0.717, 1.165) is 163 Å². The van der Waals surface area contributed by atoms with Gasteiger partial charge in [-0.1, -0.05) is 210 Å². The van der Waals surface area contributed by atoms with E-state index in [1.807, 2.05) is 173 Å². The van der Waals surface area contributed by atoms with Crippen molar-refractivity contribution >= 4 is 70.0 Å². The Bertz CT molecular complexity index is 5200. The van der Waals surface area contributed by atoms with E-state index in [0.29, 0.717) is 44.6 Å². The summed E-state index contributed by atoms with van der Waals surface area (Å²) in [5.74, 6) is 3.53. The highest BCUT2D eigenvalue weighted by molar-refractivity contribution is 8.00. The van der Waals surface area contributed by atoms with Crippen LogP contribution < -0.4 is 5.32 Å². The fourth-order valence-corrected chi connectivity index (χ4v) is 18.8. The van der Waals surface area contributed by atoms with Gasteiger partial charge in [-0.2, -0.15) is 0 Å². The molecule has 22 nitrogen and oxygen atoms in total. The normalized spacial score (nSPS) is 20.3. The Hall–Kier alpha value is -11.4. The minimum absolute atomic E-state index is 0.00445. The summed E-state index contributed by atoms with van der Waals surface area (Å²) >= 11 is 1.75. The minimum Gasteiger partial charge on any atom is -0.444 e. The van der Waals surface area contributed by atoms with Gasteiger partial charge in [-0.25, -0.2) is 14.8 Å². The van der Waals surface area contributed by atoms with Gasteiger partial charge in [0.25, 0.3) is 0 Å². The van der Waals surface area contributed by atoms with E-state index >= 15 is 0 Å². The zero-order valence-corrected chi connectivity index (χ0v) is 73.4. The lowest BCUT2D eigenvalue weighted by Crippen LogP contribution is -2.49. The number of aliphatic imine (C=N–C) groups is 2. The molecule has 3 N–H and O–H groups in total. The van der Waals surface area contributed by atoms with Crippen LogP contribution in [-0.2, 0) is 40.1 Å². The number of hydrogen-bond donors (Lipinski definition) is 3. The topological polar surface area (TPSA) is 238 Å². The number of H-pyrrole nitrogens is 2. The summed E-state index contributed by atoms with van der Waals surface area (Å²) in [6, 6.07) is 62.3. The third-order valence-electron chi connectivity index (χ3n) is 24.5. The molecule has 5 saturated heterocycles. The minimum atomic E-state index is -0.520. The predicted octanol–water partition coefficient (Wildman–Crippen LogP) is 17.4. The van der Waals surface area contributed by atoms with Crippen molar-refractivity contribution in [2.45, 2.75) is 178 Å². The SMILES string of the molecule is CNC(=O)CCC1SC[C@@H](C2=NC=C(c3ccc(C)cc3)C2)N1C(=O)C(c1ccccc1)N(C)C.Cc1ccc(-c2cnc([C@@H]3CCCN3C(=O)C3CC3)[nH]2)cc1.Cc1ccc(-c2cnc([C@@H]3CCCN3C(=O)[C@@H](c3ccccc3)N(C)C)[nH]2)cc1.Cc1ccc(C2=CN=C([C@@H]3COC(CCC(=O)N4CCCCC4)N3C(=O)OCc3ccccc3)C2)cc1. The molecule has 1 aliphatic carbocycles. The van der Waals surface area contributed by atoms with E-state index in [2.05, 4.69) is 150 Å². The van der Waals surface area contributed by atoms with Crippen molar-refractivity contribution < 1.29 is 38.2 Å². The van der Waals surface area contributed by atoms with Crippen LogP contribution in [0.1, 0.15) is 182 Å². The Labute approximate surface area is 728 Å². The number of ether oxygens (including phenoxy) is 2. The number of amides is 6. The molecule has 3 unspecified atom stereocenters. The molecule has 2 aromatic heterocycles. The van der Waals surface area contributed by atoms with Crippen LogP contribution in [0, 0.1) is 33.6 Å². The van der Waals surface area contributed by atoms with Crippen molar-refractivity contribution in [3.05, 3.63) is 275 Å². The summed E-state index contributed by atoms with van der Waals surface area (Å²) in [5, 5.41) is 2.63. The summed E-state index contributed by atoms with van der Waals surface area (Å²) in [4.78, 5) is 118. The fourth-order valence-electron chi connectivity index (χ4n) is 17.4. The van der Waals surface area contributed by atoms with Gasteiger partial charge in [0.15, 0.2) is 0 Å². The first kappa shape index (κ1) is 88.0. The third-order valence-corrected chi connectivity index (χ3v) is 25.8. The first-order chi connectivity index (χ1) is 59.7. The van der Waals surface area contributed by atoms with Crippen LogP contribution >= 0.6 is 11.8 Å². The smallest absolute Gasteiger partial charge is 0.412 e. The summed E-state index contributed by atoms with van der Waals surface area (Å²) < 4.78 is 11.8. The van der Waals surface area contributed by atoms with E-state index in [4.69, 9.17) is 19.5 Å². The lowest BCUT2D eigenvalue weighted by atomic mass is 9.97. The highest BCUT2D eigenvalue weighted by atomic mass is 32.2. The molecule has 7 aliphatic heterocycles. The van der Waals surface area contributed by atoms with Gasteiger partial charge >= 0.3 is 6.09 Å². The molecule has 9 heterocycles. The first-order valence-corrected chi connectivity index (χ1v) is 44.7. The van der Waals surface area contributed by atoms with Crippen LogP contribution in [0.15, 0.2) is 223 Å². The molecule has 0 radical (unpaired) electrons. The van der Waals surface area contributed by atoms with Crippen LogP contribution in [0.3, 0.4) is 0 Å². The number of rotatable bonds is 23. The highest BCUT2D eigenvalue weighted by Gasteiger charge is 2.46. The molecule has 6 fully saturated rings. The van der Waals surface area contributed by atoms with Crippen molar-refractivity contribution in [3.63, 3.8) is 0 Å². The Morgan fingerprint density at radius 1 is 0.512 bits per heavy atom. The van der Waals surface area contributed by atoms with Crippen LogP contribution in [0.5, 0.6) is 0 Å². The maximum Gasteiger partial charge on any atom is 0.412 e. The van der Waals surface area contributed by atoms with Gasteiger partial charge in [-0.3, -0.25) is 48.7 Å². The second kappa shape index (κ2) is 41.7. The molecule has 0 bridgehead atoms. The zero-order chi connectivity index (χ0) is 86.0. The van der Waals surface area contributed by atoms with Crippen LogP contribution in [-0.4, -0.2) is 199 Å². The van der Waals surface area contributed by atoms with E-state index < -0.39 is 18.4 Å². The Balaban J connectivity index is 0.000000136. The zero-order valence-electron chi connectivity index (χ0n) is 72.6. The predicted molar refractivity (Wildman–Crippen MR) is 488 cm³/mol. The number of carbonyl (C=O) groups is 6. The van der Waals surface area contributed by atoms with Crippen LogP contribution in [0.25, 0.3) is 33.7 Å². The first-order valence-electron chi connectivity index (χ1n) is 43.7. The summed E-state index contributed by atoms with van der Waals surface area (Å²) in [5.41, 5.74) is 18.6. The molecule has 1 saturated carbocycles. The number of aryl methyl sites for hydroxylation is 4. The van der Waals surface area contributed by atoms with Gasteiger partial charge < -0.3 is 44.4 Å².